The van der Waals surface area contributed by atoms with Crippen LogP contribution in [0.2, 0.25) is 0 Å². The van der Waals surface area contributed by atoms with E-state index in [1.807, 2.05) is 0 Å². The van der Waals surface area contributed by atoms with Crippen LogP contribution in [0.3, 0.4) is 0 Å². The Morgan fingerprint density at radius 1 is 0.633 bits per heavy atom. The Bertz CT molecular complexity index is 407. The number of carboxylic acids is 2. The predicted molar refractivity (Wildman–Crippen MR) is 109 cm³/mol. The number of hydrogen-bond acceptors (Lipinski definition) is 8. The lowest BCUT2D eigenvalue weighted by atomic mass is 9.77. The van der Waals surface area contributed by atoms with Crippen LogP contribution in [0, 0.1) is 5.41 Å². The van der Waals surface area contributed by atoms with E-state index in [2.05, 4.69) is 13.8 Å². The smallest absolute Gasteiger partial charge is 0.0700 e. The Morgan fingerprint density at radius 3 is 1.43 bits per heavy atom. The number of carboxylic acid groups (broad SMARTS) is 2. The fourth-order valence-corrected chi connectivity index (χ4v) is 2.92. The zero-order valence-electron chi connectivity index (χ0n) is 18.8. The molecule has 0 N–H and O–H groups in total. The third kappa shape index (κ3) is 15.6. The molecule has 0 aliphatic carbocycles. The Labute approximate surface area is 181 Å². The number of rotatable bonds is 23. The van der Waals surface area contributed by atoms with Crippen LogP contribution < -0.4 is 10.2 Å². The van der Waals surface area contributed by atoms with Crippen molar-refractivity contribution in [2.24, 2.45) is 5.41 Å². The van der Waals surface area contributed by atoms with Crippen LogP contribution in [0.4, 0.5) is 0 Å². The van der Waals surface area contributed by atoms with Crippen LogP contribution in [0.5, 0.6) is 0 Å². The third-order valence-electron chi connectivity index (χ3n) is 4.95. The van der Waals surface area contributed by atoms with Gasteiger partial charge in [0.05, 0.1) is 26.4 Å². The number of aliphatic carboxylic acids is 2. The summed E-state index contributed by atoms with van der Waals surface area (Å²) in [4.78, 5) is 22.7. The molecular weight excluding hydrogens is 392 g/mol. The van der Waals surface area contributed by atoms with E-state index in [1.165, 1.54) is 0 Å². The van der Waals surface area contributed by atoms with Crippen molar-refractivity contribution in [1.29, 1.82) is 0 Å². The van der Waals surface area contributed by atoms with Gasteiger partial charge in [-0.15, -0.1) is 0 Å². The normalized spacial score (nSPS) is 11.7. The van der Waals surface area contributed by atoms with Crippen LogP contribution >= 0.6 is 0 Å². The van der Waals surface area contributed by atoms with Crippen LogP contribution in [0.1, 0.15) is 71.6 Å². The molecule has 0 aromatic rings. The summed E-state index contributed by atoms with van der Waals surface area (Å²) in [6.07, 6.45) is 4.77. The fourth-order valence-electron chi connectivity index (χ4n) is 2.92. The van der Waals surface area contributed by atoms with E-state index in [4.69, 9.17) is 18.9 Å². The molecule has 8 nitrogen and oxygen atoms in total. The van der Waals surface area contributed by atoms with Crippen molar-refractivity contribution in [3.8, 4) is 0 Å². The molecule has 0 radical (unpaired) electrons. The molecule has 0 rings (SSSR count). The zero-order valence-corrected chi connectivity index (χ0v) is 18.8. The fraction of sp³-hybridized carbons (Fsp3) is 0.909. The van der Waals surface area contributed by atoms with Gasteiger partial charge in [0.15, 0.2) is 0 Å². The minimum absolute atomic E-state index is 0.177. The molecular formula is C22H40O8-2. The molecule has 178 valence electrons. The zero-order chi connectivity index (χ0) is 22.5. The van der Waals surface area contributed by atoms with Gasteiger partial charge in [0.25, 0.3) is 0 Å². The second-order valence-corrected chi connectivity index (χ2v) is 7.45. The van der Waals surface area contributed by atoms with Gasteiger partial charge in [-0.05, 0) is 44.9 Å². The molecule has 30 heavy (non-hydrogen) atoms. The maximum Gasteiger partial charge on any atom is 0.0700 e. The van der Waals surface area contributed by atoms with Crippen LogP contribution in [0.25, 0.3) is 0 Å². The molecule has 8 heteroatoms. The maximum atomic E-state index is 11.9. The van der Waals surface area contributed by atoms with Crippen LogP contribution in [0.15, 0.2) is 0 Å². The number of carbonyl (C=O) groups is 2. The molecule has 0 amide bonds. The minimum Gasteiger partial charge on any atom is -0.550 e. The highest BCUT2D eigenvalue weighted by molar-refractivity contribution is 5.72. The van der Waals surface area contributed by atoms with Gasteiger partial charge in [0.1, 0.15) is 0 Å². The first kappa shape index (κ1) is 28.8. The lowest BCUT2D eigenvalue weighted by molar-refractivity contribution is -0.322. The van der Waals surface area contributed by atoms with Gasteiger partial charge < -0.3 is 38.7 Å². The van der Waals surface area contributed by atoms with Gasteiger partial charge in [-0.1, -0.05) is 26.7 Å². The highest BCUT2D eigenvalue weighted by atomic mass is 16.5. The molecule has 0 fully saturated rings. The van der Waals surface area contributed by atoms with Crippen LogP contribution in [-0.2, 0) is 28.5 Å². The van der Waals surface area contributed by atoms with Gasteiger partial charge in [-0.2, -0.15) is 0 Å². The summed E-state index contributed by atoms with van der Waals surface area (Å²) in [6.45, 7) is 7.71. The summed E-state index contributed by atoms with van der Waals surface area (Å²) in [5, 5.41) is 22.7. The Kier molecular flexibility index (Phi) is 18.9. The van der Waals surface area contributed by atoms with E-state index in [0.717, 1.165) is 25.7 Å². The largest absolute Gasteiger partial charge is 0.550 e. The first-order valence-electron chi connectivity index (χ1n) is 11.2. The van der Waals surface area contributed by atoms with Crippen molar-refractivity contribution in [3.05, 3.63) is 0 Å². The SMILES string of the molecule is CCCCOCCOCCC(CCCC(=O)[O-])(CCOCCOCCCC)C(=O)[O-]. The molecule has 0 bridgehead atoms. The first-order chi connectivity index (χ1) is 14.5. The molecule has 0 saturated heterocycles. The molecule has 0 saturated carbocycles. The van der Waals surface area contributed by atoms with Crippen LogP contribution in [-0.4, -0.2) is 64.8 Å². The van der Waals surface area contributed by atoms with E-state index in [0.29, 0.717) is 39.6 Å². The van der Waals surface area contributed by atoms with Gasteiger partial charge >= 0.3 is 0 Å². The molecule has 0 atom stereocenters. The number of unbranched alkanes of at least 4 members (excludes halogenated alkanes) is 2. The van der Waals surface area contributed by atoms with Gasteiger partial charge in [-0.25, -0.2) is 0 Å². The number of carbonyl (C=O) groups excluding carboxylic acids is 2. The standard InChI is InChI=1S/C22H42O8/c1-3-5-12-27-16-18-29-14-10-22(21(25)26,9-7-8-20(23)24)11-15-30-19-17-28-13-6-4-2/h3-19H2,1-2H3,(H,23,24)(H,25,26)/p-2. The van der Waals surface area contributed by atoms with Crippen molar-refractivity contribution in [1.82, 2.24) is 0 Å². The average molecular weight is 433 g/mol. The highest BCUT2D eigenvalue weighted by Gasteiger charge is 2.31. The van der Waals surface area contributed by atoms with Gasteiger partial charge in [0.2, 0.25) is 0 Å². The summed E-state index contributed by atoms with van der Waals surface area (Å²) in [5.41, 5.74) is -1.19. The molecule has 0 aromatic heterocycles. The Hall–Kier alpha value is -1.22. The lowest BCUT2D eigenvalue weighted by Gasteiger charge is -2.35. The summed E-state index contributed by atoms with van der Waals surface area (Å²) in [6, 6.07) is 0. The minimum atomic E-state index is -1.20. The Morgan fingerprint density at radius 2 is 1.07 bits per heavy atom. The quantitative estimate of drug-likeness (QED) is 0.220. The van der Waals surface area contributed by atoms with Crippen molar-refractivity contribution in [2.45, 2.75) is 71.6 Å². The lowest BCUT2D eigenvalue weighted by Crippen LogP contribution is -2.44. The van der Waals surface area contributed by atoms with E-state index >= 15 is 0 Å². The summed E-state index contributed by atoms with van der Waals surface area (Å²) in [7, 11) is 0. The van der Waals surface area contributed by atoms with Gasteiger partial charge in [-0.3, -0.25) is 0 Å². The van der Waals surface area contributed by atoms with Crippen molar-refractivity contribution < 1.29 is 38.7 Å². The molecule has 0 heterocycles. The molecule has 0 aliphatic rings. The van der Waals surface area contributed by atoms with E-state index in [9.17, 15) is 19.8 Å². The predicted octanol–water partition coefficient (Wildman–Crippen LogP) is 1.09. The molecule has 0 spiro atoms. The maximum absolute atomic E-state index is 11.9. The van der Waals surface area contributed by atoms with E-state index < -0.39 is 17.4 Å². The number of ether oxygens (including phenoxy) is 4. The summed E-state index contributed by atoms with van der Waals surface area (Å²) < 4.78 is 21.9. The summed E-state index contributed by atoms with van der Waals surface area (Å²) in [5.74, 6) is -2.39. The second-order valence-electron chi connectivity index (χ2n) is 7.45. The Balaban J connectivity index is 4.40. The van der Waals surface area contributed by atoms with Crippen molar-refractivity contribution in [2.75, 3.05) is 52.9 Å². The first-order valence-corrected chi connectivity index (χ1v) is 11.2. The van der Waals surface area contributed by atoms with E-state index in [-0.39, 0.29) is 45.3 Å². The summed E-state index contributed by atoms with van der Waals surface area (Å²) >= 11 is 0. The molecule has 0 aliphatic heterocycles. The molecule has 0 unspecified atom stereocenters. The average Bonchev–Trinajstić information content (AvgIpc) is 2.71. The highest BCUT2D eigenvalue weighted by Crippen LogP contribution is 2.33. The second kappa shape index (κ2) is 19.7. The number of hydrogen-bond donors (Lipinski definition) is 0. The van der Waals surface area contributed by atoms with Crippen molar-refractivity contribution in [3.63, 3.8) is 0 Å². The third-order valence-corrected chi connectivity index (χ3v) is 4.95. The topological polar surface area (TPSA) is 117 Å². The van der Waals surface area contributed by atoms with Crippen molar-refractivity contribution >= 4 is 11.9 Å². The van der Waals surface area contributed by atoms with Gasteiger partial charge in [0, 0.05) is 43.8 Å². The monoisotopic (exact) mass is 432 g/mol. The van der Waals surface area contributed by atoms with E-state index in [1.54, 1.807) is 0 Å². The molecule has 0 aromatic carbocycles.